The van der Waals surface area contributed by atoms with Crippen molar-refractivity contribution in [3.05, 3.63) is 60.2 Å². The quantitative estimate of drug-likeness (QED) is 0.333. The maximum absolute atomic E-state index is 12.8. The molecule has 0 radical (unpaired) electrons. The number of benzene rings is 2. The van der Waals surface area contributed by atoms with Crippen LogP contribution in [0.25, 0.3) is 0 Å². The highest BCUT2D eigenvalue weighted by atomic mass is 127. The second kappa shape index (κ2) is 11.1. The second-order valence-corrected chi connectivity index (χ2v) is 9.30. The van der Waals surface area contributed by atoms with E-state index in [9.17, 15) is 8.42 Å². The van der Waals surface area contributed by atoms with Crippen molar-refractivity contribution >= 4 is 10.0 Å². The molecule has 2 rings (SSSR count). The molecule has 0 unspecified atom stereocenters. The van der Waals surface area contributed by atoms with Crippen LogP contribution in [-0.4, -0.2) is 64.1 Å². The van der Waals surface area contributed by atoms with Crippen molar-refractivity contribution in [3.63, 3.8) is 0 Å². The van der Waals surface area contributed by atoms with E-state index in [1.165, 1.54) is 5.56 Å². The van der Waals surface area contributed by atoms with Crippen molar-refractivity contribution in [2.45, 2.75) is 18.7 Å². The third-order valence-electron chi connectivity index (χ3n) is 4.64. The van der Waals surface area contributed by atoms with Crippen LogP contribution in [0.3, 0.4) is 0 Å². The molecule has 2 aromatic rings. The lowest BCUT2D eigenvalue weighted by molar-refractivity contribution is -0.889. The highest BCUT2D eigenvalue weighted by molar-refractivity contribution is 7.89. The van der Waals surface area contributed by atoms with Gasteiger partial charge in [-0.2, -0.15) is 4.31 Å². The molecule has 0 bridgehead atoms. The predicted molar refractivity (Wildman–Crippen MR) is 109 cm³/mol. The summed E-state index contributed by atoms with van der Waals surface area (Å²) in [6.07, 6.45) is 0. The first-order chi connectivity index (χ1) is 12.7. The Morgan fingerprint density at radius 1 is 1.00 bits per heavy atom. The maximum atomic E-state index is 12.8. The molecule has 7 heteroatoms. The number of hydrogen-bond acceptors (Lipinski definition) is 3. The van der Waals surface area contributed by atoms with Gasteiger partial charge in [-0.05, 0) is 36.8 Å². The zero-order chi connectivity index (χ0) is 19.9. The van der Waals surface area contributed by atoms with Gasteiger partial charge in [-0.15, -0.1) is 0 Å². The Labute approximate surface area is 187 Å². The van der Waals surface area contributed by atoms with Crippen LogP contribution in [0.2, 0.25) is 0 Å². The van der Waals surface area contributed by atoms with E-state index in [-0.39, 0.29) is 24.0 Å². The fraction of sp³-hybridized carbons (Fsp3) is 0.429. The number of nitrogens with zero attached hydrogens (tertiary/aromatic N) is 2. The number of hydrogen-bond donors (Lipinski definition) is 0. The molecular formula is C21H31IN2O3S. The summed E-state index contributed by atoms with van der Waals surface area (Å²) in [5.41, 5.74) is 1.17. The lowest BCUT2D eigenvalue weighted by Gasteiger charge is -2.32. The van der Waals surface area contributed by atoms with Gasteiger partial charge in [-0.3, -0.25) is 0 Å². The Kier molecular flexibility index (Phi) is 9.89. The van der Waals surface area contributed by atoms with Crippen molar-refractivity contribution in [1.82, 2.24) is 4.31 Å². The molecule has 0 amide bonds. The van der Waals surface area contributed by atoms with Gasteiger partial charge in [-0.1, -0.05) is 37.3 Å². The van der Waals surface area contributed by atoms with Crippen LogP contribution in [0.5, 0.6) is 5.75 Å². The van der Waals surface area contributed by atoms with E-state index in [0.29, 0.717) is 29.1 Å². The van der Waals surface area contributed by atoms with Gasteiger partial charge < -0.3 is 33.2 Å². The Balaban J connectivity index is 0.00000392. The van der Waals surface area contributed by atoms with Crippen LogP contribution in [-0.2, 0) is 10.0 Å². The number of sulfonamides is 1. The van der Waals surface area contributed by atoms with Crippen molar-refractivity contribution < 1.29 is 41.6 Å². The average Bonchev–Trinajstić information content (AvgIpc) is 2.62. The van der Waals surface area contributed by atoms with Crippen molar-refractivity contribution in [1.29, 1.82) is 0 Å². The highest BCUT2D eigenvalue weighted by Gasteiger charge is 2.25. The molecule has 0 fully saturated rings. The number of ether oxygens (including phenoxy) is 1. The summed E-state index contributed by atoms with van der Waals surface area (Å²) in [4.78, 5) is 0.347. The van der Waals surface area contributed by atoms with Gasteiger partial charge in [0.05, 0.1) is 32.1 Å². The van der Waals surface area contributed by atoms with Crippen molar-refractivity contribution in [2.24, 2.45) is 0 Å². The van der Waals surface area contributed by atoms with Gasteiger partial charge >= 0.3 is 0 Å². The summed E-state index contributed by atoms with van der Waals surface area (Å²) >= 11 is 0. The van der Waals surface area contributed by atoms with Crippen LogP contribution >= 0.6 is 0 Å². The van der Waals surface area contributed by atoms with E-state index < -0.39 is 10.0 Å². The minimum atomic E-state index is -3.45. The molecular weight excluding hydrogens is 487 g/mol. The Hall–Kier alpha value is -1.16. The highest BCUT2D eigenvalue weighted by Crippen LogP contribution is 2.16. The van der Waals surface area contributed by atoms with Crippen LogP contribution < -0.4 is 28.7 Å². The predicted octanol–water partition coefficient (Wildman–Crippen LogP) is 0.165. The molecule has 0 atom stereocenters. The molecule has 0 aromatic heterocycles. The molecule has 5 nitrogen and oxygen atoms in total. The minimum absolute atomic E-state index is 0. The molecule has 0 N–H and O–H groups in total. The largest absolute Gasteiger partial charge is 1.00 e. The van der Waals surface area contributed by atoms with Crippen LogP contribution in [0.4, 0.5) is 0 Å². The van der Waals surface area contributed by atoms with Crippen molar-refractivity contribution in [3.8, 4) is 5.75 Å². The summed E-state index contributed by atoms with van der Waals surface area (Å²) in [7, 11) is 0.750. The summed E-state index contributed by atoms with van der Waals surface area (Å²) in [6, 6.07) is 16.6. The van der Waals surface area contributed by atoms with Crippen LogP contribution in [0, 0.1) is 6.92 Å². The van der Waals surface area contributed by atoms with Gasteiger partial charge in [0.25, 0.3) is 0 Å². The fourth-order valence-electron chi connectivity index (χ4n) is 2.80. The standard InChI is InChI=1S/C21H31N2O3S.HI/c1-5-22(27(24,25)21-12-7-6-8-13-21)14-15-23(3,4)16-17-26-20-11-9-10-19(2)18-20;/h6-13,18H,5,14-17H2,1-4H3;1H/q+1;/p-1. The molecule has 0 heterocycles. The average molecular weight is 518 g/mol. The summed E-state index contributed by atoms with van der Waals surface area (Å²) in [5, 5.41) is 0. The van der Waals surface area contributed by atoms with Crippen LogP contribution in [0.1, 0.15) is 12.5 Å². The number of quaternary nitrogens is 1. The third kappa shape index (κ3) is 7.35. The monoisotopic (exact) mass is 518 g/mol. The number of halogens is 1. The lowest BCUT2D eigenvalue weighted by atomic mass is 10.2. The van der Waals surface area contributed by atoms with E-state index in [0.717, 1.165) is 18.8 Å². The Bertz CT molecular complexity index is 827. The van der Waals surface area contributed by atoms with Gasteiger partial charge in [-0.25, -0.2) is 8.42 Å². The first kappa shape index (κ1) is 24.9. The zero-order valence-electron chi connectivity index (χ0n) is 17.1. The summed E-state index contributed by atoms with van der Waals surface area (Å²) in [6.45, 7) is 6.96. The number of likely N-dealkylation sites (N-methyl/N-ethyl adjacent to an activating group) is 2. The smallest absolute Gasteiger partial charge is 0.243 e. The van der Waals surface area contributed by atoms with E-state index >= 15 is 0 Å². The van der Waals surface area contributed by atoms with E-state index in [1.807, 2.05) is 44.2 Å². The number of rotatable bonds is 10. The number of aryl methyl sites for hydroxylation is 1. The van der Waals surface area contributed by atoms with E-state index in [4.69, 9.17) is 4.74 Å². The molecule has 156 valence electrons. The fourth-order valence-corrected chi connectivity index (χ4v) is 4.26. The first-order valence-electron chi connectivity index (χ1n) is 9.31. The molecule has 28 heavy (non-hydrogen) atoms. The van der Waals surface area contributed by atoms with Gasteiger partial charge in [0.2, 0.25) is 10.0 Å². The normalized spacial score (nSPS) is 11.9. The molecule has 0 aliphatic heterocycles. The van der Waals surface area contributed by atoms with Gasteiger partial charge in [0, 0.05) is 6.54 Å². The van der Waals surface area contributed by atoms with E-state index in [1.54, 1.807) is 28.6 Å². The lowest BCUT2D eigenvalue weighted by Crippen LogP contribution is -3.00. The van der Waals surface area contributed by atoms with Crippen molar-refractivity contribution in [2.75, 3.05) is 46.9 Å². The molecule has 2 aromatic carbocycles. The molecule has 0 saturated carbocycles. The summed E-state index contributed by atoms with van der Waals surface area (Å²) < 4.78 is 33.7. The zero-order valence-corrected chi connectivity index (χ0v) is 20.1. The second-order valence-electron chi connectivity index (χ2n) is 7.36. The maximum Gasteiger partial charge on any atom is 0.243 e. The molecule has 0 saturated heterocycles. The third-order valence-corrected chi connectivity index (χ3v) is 6.63. The molecule has 0 aliphatic carbocycles. The van der Waals surface area contributed by atoms with Gasteiger partial charge in [0.15, 0.2) is 0 Å². The van der Waals surface area contributed by atoms with Gasteiger partial charge in [0.1, 0.15) is 18.9 Å². The minimum Gasteiger partial charge on any atom is -1.00 e. The summed E-state index contributed by atoms with van der Waals surface area (Å²) in [5.74, 6) is 0.872. The Morgan fingerprint density at radius 3 is 2.29 bits per heavy atom. The topological polar surface area (TPSA) is 46.6 Å². The van der Waals surface area contributed by atoms with Crippen LogP contribution in [0.15, 0.2) is 59.5 Å². The first-order valence-corrected chi connectivity index (χ1v) is 10.8. The molecule has 0 spiro atoms. The Morgan fingerprint density at radius 2 is 1.68 bits per heavy atom. The SMILES string of the molecule is CCN(CC[N+](C)(C)CCOc1cccc(C)c1)S(=O)(=O)c1ccccc1.[I-]. The van der Waals surface area contributed by atoms with E-state index in [2.05, 4.69) is 14.1 Å². The molecule has 0 aliphatic rings.